The molecule has 1 amide bonds. The van der Waals surface area contributed by atoms with Gasteiger partial charge in [-0.25, -0.2) is 0 Å². The molecule has 0 unspecified atom stereocenters. The molecule has 2 N–H and O–H groups in total. The van der Waals surface area contributed by atoms with E-state index in [9.17, 15) is 9.59 Å². The molecule has 0 bridgehead atoms. The van der Waals surface area contributed by atoms with Gasteiger partial charge in [-0.1, -0.05) is 42.5 Å². The minimum Gasteiger partial charge on any atom is -0.480 e. The number of rotatable bonds is 5. The molecule has 0 radical (unpaired) electrons. The minimum atomic E-state index is -1.15. The Balaban J connectivity index is 1.65. The van der Waals surface area contributed by atoms with Crippen molar-refractivity contribution in [2.45, 2.75) is 19.3 Å². The van der Waals surface area contributed by atoms with Crippen molar-refractivity contribution in [1.82, 2.24) is 5.32 Å². The van der Waals surface area contributed by atoms with Gasteiger partial charge in [0, 0.05) is 6.54 Å². The van der Waals surface area contributed by atoms with Crippen LogP contribution in [0.25, 0.3) is 10.8 Å². The number of amides is 1. The van der Waals surface area contributed by atoms with Crippen LogP contribution in [-0.4, -0.2) is 23.5 Å². The first-order valence-corrected chi connectivity index (χ1v) is 7.12. The van der Waals surface area contributed by atoms with Gasteiger partial charge >= 0.3 is 5.97 Å². The van der Waals surface area contributed by atoms with Crippen LogP contribution >= 0.6 is 0 Å². The molecule has 0 heterocycles. The van der Waals surface area contributed by atoms with E-state index in [1.807, 2.05) is 24.3 Å². The number of hydrogen-bond donors (Lipinski definition) is 2. The van der Waals surface area contributed by atoms with Gasteiger partial charge in [0.15, 0.2) is 0 Å². The van der Waals surface area contributed by atoms with Gasteiger partial charge in [-0.2, -0.15) is 0 Å². The monoisotopic (exact) mass is 283 g/mol. The number of fused-ring (bicyclic) bond motifs is 1. The summed E-state index contributed by atoms with van der Waals surface area (Å²) in [6, 6.07) is 14.2. The summed E-state index contributed by atoms with van der Waals surface area (Å²) in [5, 5.41) is 14.2. The highest BCUT2D eigenvalue weighted by Gasteiger charge is 2.56. The fraction of sp³-hybridized carbons (Fsp3) is 0.294. The maximum Gasteiger partial charge on any atom is 0.319 e. The summed E-state index contributed by atoms with van der Waals surface area (Å²) in [4.78, 5) is 23.0. The second-order valence-corrected chi connectivity index (χ2v) is 5.53. The topological polar surface area (TPSA) is 66.4 Å². The van der Waals surface area contributed by atoms with E-state index in [1.165, 1.54) is 10.8 Å². The van der Waals surface area contributed by atoms with Crippen LogP contribution in [0.1, 0.15) is 18.4 Å². The Labute approximate surface area is 122 Å². The number of carbonyl (C=O) groups is 2. The van der Waals surface area contributed by atoms with E-state index in [0.717, 1.165) is 5.56 Å². The lowest BCUT2D eigenvalue weighted by Gasteiger charge is -2.11. The van der Waals surface area contributed by atoms with Crippen LogP contribution in [0.3, 0.4) is 0 Å². The second kappa shape index (κ2) is 5.20. The molecule has 4 heteroatoms. The van der Waals surface area contributed by atoms with Crippen molar-refractivity contribution in [3.05, 3.63) is 48.0 Å². The molecule has 0 aliphatic heterocycles. The predicted octanol–water partition coefficient (Wildman–Crippen LogP) is 2.36. The summed E-state index contributed by atoms with van der Waals surface area (Å²) in [5.41, 5.74) is 0.00670. The average molecular weight is 283 g/mol. The van der Waals surface area contributed by atoms with Crippen LogP contribution in [-0.2, 0) is 16.0 Å². The van der Waals surface area contributed by atoms with Gasteiger partial charge in [0.05, 0.1) is 0 Å². The van der Waals surface area contributed by atoms with Gasteiger partial charge in [-0.05, 0) is 35.6 Å². The highest BCUT2D eigenvalue weighted by Crippen LogP contribution is 2.46. The molecule has 21 heavy (non-hydrogen) atoms. The Morgan fingerprint density at radius 1 is 1.10 bits per heavy atom. The lowest BCUT2D eigenvalue weighted by Crippen LogP contribution is -2.37. The van der Waals surface area contributed by atoms with Crippen LogP contribution in [0.2, 0.25) is 0 Å². The minimum absolute atomic E-state index is 0.352. The van der Waals surface area contributed by atoms with Crippen LogP contribution in [0, 0.1) is 5.41 Å². The van der Waals surface area contributed by atoms with Crippen molar-refractivity contribution < 1.29 is 14.7 Å². The van der Waals surface area contributed by atoms with Gasteiger partial charge < -0.3 is 10.4 Å². The third-order valence-electron chi connectivity index (χ3n) is 4.15. The Hall–Kier alpha value is -2.36. The molecule has 0 atom stereocenters. The Morgan fingerprint density at radius 3 is 2.52 bits per heavy atom. The van der Waals surface area contributed by atoms with Crippen molar-refractivity contribution in [3.8, 4) is 0 Å². The first-order valence-electron chi connectivity index (χ1n) is 7.12. The zero-order valence-corrected chi connectivity index (χ0v) is 11.6. The first-order chi connectivity index (χ1) is 10.1. The SMILES string of the molecule is O=C(O)C1(C(=O)NCCc2cccc3ccccc23)CC1. The van der Waals surface area contributed by atoms with Gasteiger partial charge in [0.25, 0.3) is 0 Å². The third-order valence-corrected chi connectivity index (χ3v) is 4.15. The molecule has 1 aliphatic carbocycles. The second-order valence-electron chi connectivity index (χ2n) is 5.53. The summed E-state index contributed by atoms with van der Waals surface area (Å²) in [5.74, 6) is -1.36. The van der Waals surface area contributed by atoms with E-state index in [1.54, 1.807) is 0 Å². The normalized spacial score (nSPS) is 15.6. The van der Waals surface area contributed by atoms with Crippen LogP contribution in [0.15, 0.2) is 42.5 Å². The molecule has 108 valence electrons. The van der Waals surface area contributed by atoms with Crippen molar-refractivity contribution in [1.29, 1.82) is 0 Å². The summed E-state index contributed by atoms with van der Waals surface area (Å²) >= 11 is 0. The lowest BCUT2D eigenvalue weighted by atomic mass is 10.0. The Bertz CT molecular complexity index is 699. The molecule has 2 aromatic rings. The van der Waals surface area contributed by atoms with E-state index >= 15 is 0 Å². The quantitative estimate of drug-likeness (QED) is 0.828. The summed E-state index contributed by atoms with van der Waals surface area (Å²) in [6.45, 7) is 0.460. The molecular weight excluding hydrogens is 266 g/mol. The summed E-state index contributed by atoms with van der Waals surface area (Å²) in [6.07, 6.45) is 1.59. The number of aliphatic carboxylic acids is 1. The molecule has 2 aromatic carbocycles. The molecule has 1 fully saturated rings. The number of carboxylic acids is 1. The number of benzene rings is 2. The number of hydrogen-bond acceptors (Lipinski definition) is 2. The van der Waals surface area contributed by atoms with E-state index < -0.39 is 11.4 Å². The third kappa shape index (κ3) is 2.49. The summed E-state index contributed by atoms with van der Waals surface area (Å²) in [7, 11) is 0. The number of nitrogens with one attached hydrogen (secondary N) is 1. The fourth-order valence-electron chi connectivity index (χ4n) is 2.65. The highest BCUT2D eigenvalue weighted by molar-refractivity contribution is 6.04. The van der Waals surface area contributed by atoms with Crippen LogP contribution in [0.5, 0.6) is 0 Å². The standard InChI is InChI=1S/C17H17NO3/c19-15(17(9-10-17)16(20)21)18-11-8-13-6-3-5-12-4-1-2-7-14(12)13/h1-7H,8-11H2,(H,18,19)(H,20,21). The maximum atomic E-state index is 11.9. The molecule has 0 saturated heterocycles. The van der Waals surface area contributed by atoms with Gasteiger partial charge in [-0.15, -0.1) is 0 Å². The fourth-order valence-corrected chi connectivity index (χ4v) is 2.65. The van der Waals surface area contributed by atoms with Crippen LogP contribution < -0.4 is 5.32 Å². The average Bonchev–Trinajstić information content (AvgIpc) is 3.29. The van der Waals surface area contributed by atoms with Crippen molar-refractivity contribution in [2.24, 2.45) is 5.41 Å². The lowest BCUT2D eigenvalue weighted by molar-refractivity contribution is -0.149. The zero-order valence-electron chi connectivity index (χ0n) is 11.6. The van der Waals surface area contributed by atoms with Gasteiger partial charge in [0.1, 0.15) is 5.41 Å². The van der Waals surface area contributed by atoms with Crippen molar-refractivity contribution >= 4 is 22.6 Å². The predicted molar refractivity (Wildman–Crippen MR) is 80.0 cm³/mol. The number of carboxylic acid groups (broad SMARTS) is 1. The Kier molecular flexibility index (Phi) is 3.37. The molecule has 4 nitrogen and oxygen atoms in total. The molecular formula is C17H17NO3. The smallest absolute Gasteiger partial charge is 0.319 e. The molecule has 0 spiro atoms. The van der Waals surface area contributed by atoms with E-state index in [2.05, 4.69) is 23.5 Å². The maximum absolute atomic E-state index is 11.9. The Morgan fingerprint density at radius 2 is 1.81 bits per heavy atom. The summed E-state index contributed by atoms with van der Waals surface area (Å²) < 4.78 is 0. The molecule has 1 saturated carbocycles. The zero-order chi connectivity index (χ0) is 14.9. The van der Waals surface area contributed by atoms with E-state index in [-0.39, 0.29) is 5.91 Å². The van der Waals surface area contributed by atoms with Crippen LogP contribution in [0.4, 0.5) is 0 Å². The molecule has 3 rings (SSSR count). The van der Waals surface area contributed by atoms with Gasteiger partial charge in [0.2, 0.25) is 5.91 Å². The van der Waals surface area contributed by atoms with Gasteiger partial charge in [-0.3, -0.25) is 9.59 Å². The van der Waals surface area contributed by atoms with E-state index in [0.29, 0.717) is 25.8 Å². The van der Waals surface area contributed by atoms with Crippen molar-refractivity contribution in [3.63, 3.8) is 0 Å². The highest BCUT2D eigenvalue weighted by atomic mass is 16.4. The van der Waals surface area contributed by atoms with E-state index in [4.69, 9.17) is 5.11 Å². The van der Waals surface area contributed by atoms with Crippen molar-refractivity contribution in [2.75, 3.05) is 6.54 Å². The molecule has 0 aromatic heterocycles. The first kappa shape index (κ1) is 13.6. The number of carbonyl (C=O) groups excluding carboxylic acids is 1. The largest absolute Gasteiger partial charge is 0.480 e. The molecule has 1 aliphatic rings.